The van der Waals surface area contributed by atoms with Crippen molar-refractivity contribution in [1.29, 1.82) is 0 Å². The van der Waals surface area contributed by atoms with Crippen molar-refractivity contribution in [2.45, 2.75) is 0 Å². The molecule has 0 aliphatic carbocycles. The highest BCUT2D eigenvalue weighted by atomic mass is 32.1. The Kier molecular flexibility index (Phi) is 4.30. The van der Waals surface area contributed by atoms with Gasteiger partial charge in [-0.05, 0) is 36.4 Å². The smallest absolute Gasteiger partial charge is 0.336 e. The number of hydrogen-bond acceptors (Lipinski definition) is 6. The summed E-state index contributed by atoms with van der Waals surface area (Å²) in [6, 6.07) is 17.7. The summed E-state index contributed by atoms with van der Waals surface area (Å²) in [7, 11) is 0. The Bertz CT molecular complexity index is 1290. The molecule has 0 fully saturated rings. The second-order valence-electron chi connectivity index (χ2n) is 6.53. The normalized spacial score (nSPS) is 11.2. The zero-order valence-corrected chi connectivity index (χ0v) is 16.8. The molecular weight excluding hydrogens is 420 g/mol. The SMILES string of the molecule is O=C(O)c1cc(-c2nc3ccccc3s2)c(C(=O)O)cc1-c1nc2ccccc2s1. The predicted molar refractivity (Wildman–Crippen MR) is 118 cm³/mol. The first-order valence-electron chi connectivity index (χ1n) is 8.88. The zero-order chi connectivity index (χ0) is 20.8. The Morgan fingerprint density at radius 2 is 1.07 bits per heavy atom. The third-order valence-electron chi connectivity index (χ3n) is 4.67. The topological polar surface area (TPSA) is 100 Å². The van der Waals surface area contributed by atoms with Gasteiger partial charge in [0.2, 0.25) is 0 Å². The van der Waals surface area contributed by atoms with E-state index in [1.807, 2.05) is 48.5 Å². The quantitative estimate of drug-likeness (QED) is 0.381. The Hall–Kier alpha value is -3.62. The first-order chi connectivity index (χ1) is 14.5. The summed E-state index contributed by atoms with van der Waals surface area (Å²) in [6.07, 6.45) is 0. The van der Waals surface area contributed by atoms with Crippen LogP contribution in [0.2, 0.25) is 0 Å². The van der Waals surface area contributed by atoms with Crippen molar-refractivity contribution in [2.75, 3.05) is 0 Å². The van der Waals surface area contributed by atoms with Gasteiger partial charge in [-0.3, -0.25) is 0 Å². The van der Waals surface area contributed by atoms with Crippen molar-refractivity contribution in [3.8, 4) is 21.1 Å². The van der Waals surface area contributed by atoms with Crippen LogP contribution < -0.4 is 0 Å². The molecule has 8 heteroatoms. The molecule has 0 unspecified atom stereocenters. The predicted octanol–water partition coefficient (Wildman–Crippen LogP) is 5.64. The first-order valence-corrected chi connectivity index (χ1v) is 10.5. The maximum atomic E-state index is 12.1. The van der Waals surface area contributed by atoms with Crippen LogP contribution in [0.25, 0.3) is 41.6 Å². The second-order valence-corrected chi connectivity index (χ2v) is 8.59. The van der Waals surface area contributed by atoms with E-state index < -0.39 is 11.9 Å². The number of fused-ring (bicyclic) bond motifs is 2. The van der Waals surface area contributed by atoms with E-state index >= 15 is 0 Å². The highest BCUT2D eigenvalue weighted by Gasteiger charge is 2.24. The van der Waals surface area contributed by atoms with E-state index in [0.717, 1.165) is 20.4 Å². The van der Waals surface area contributed by atoms with Crippen molar-refractivity contribution in [3.63, 3.8) is 0 Å². The monoisotopic (exact) mass is 432 g/mol. The van der Waals surface area contributed by atoms with E-state index in [0.29, 0.717) is 10.0 Å². The maximum Gasteiger partial charge on any atom is 0.336 e. The fourth-order valence-corrected chi connectivity index (χ4v) is 5.27. The van der Waals surface area contributed by atoms with E-state index in [1.165, 1.54) is 34.8 Å². The van der Waals surface area contributed by atoms with Crippen LogP contribution in [-0.2, 0) is 0 Å². The molecular formula is C22H12N2O4S2. The molecule has 0 amide bonds. The van der Waals surface area contributed by atoms with Gasteiger partial charge in [-0.2, -0.15) is 0 Å². The van der Waals surface area contributed by atoms with Gasteiger partial charge in [-0.1, -0.05) is 24.3 Å². The van der Waals surface area contributed by atoms with E-state index in [2.05, 4.69) is 9.97 Å². The number of aromatic nitrogens is 2. The molecule has 0 spiro atoms. The van der Waals surface area contributed by atoms with Crippen LogP contribution >= 0.6 is 22.7 Å². The van der Waals surface area contributed by atoms with Crippen LogP contribution in [0.15, 0.2) is 60.7 Å². The van der Waals surface area contributed by atoms with Crippen LogP contribution in [0.1, 0.15) is 20.7 Å². The summed E-state index contributed by atoms with van der Waals surface area (Å²) in [5.41, 5.74) is 2.03. The van der Waals surface area contributed by atoms with Gasteiger partial charge in [0.05, 0.1) is 31.6 Å². The highest BCUT2D eigenvalue weighted by Crippen LogP contribution is 2.38. The molecule has 0 atom stereocenters. The van der Waals surface area contributed by atoms with Gasteiger partial charge >= 0.3 is 11.9 Å². The average Bonchev–Trinajstić information content (AvgIpc) is 3.36. The number of aromatic carboxylic acids is 2. The lowest BCUT2D eigenvalue weighted by Crippen LogP contribution is -2.06. The first kappa shape index (κ1) is 18.4. The molecule has 3 aromatic carbocycles. The fraction of sp³-hybridized carbons (Fsp3) is 0. The number of benzene rings is 3. The molecule has 30 heavy (non-hydrogen) atoms. The van der Waals surface area contributed by atoms with E-state index in [1.54, 1.807) is 0 Å². The van der Waals surface area contributed by atoms with Crippen molar-refractivity contribution in [2.24, 2.45) is 0 Å². The minimum Gasteiger partial charge on any atom is -0.478 e. The standard InChI is InChI=1S/C22H12N2O4S2/c25-21(26)13-10-12(20-24-16-6-2-4-8-18(16)30-20)14(22(27)28)9-11(13)19-23-15-5-1-3-7-17(15)29-19/h1-10H,(H,25,26)(H,27,28). The Balaban J connectivity index is 1.77. The lowest BCUT2D eigenvalue weighted by molar-refractivity contribution is 0.0682. The van der Waals surface area contributed by atoms with Crippen LogP contribution in [-0.4, -0.2) is 32.1 Å². The highest BCUT2D eigenvalue weighted by molar-refractivity contribution is 7.22. The van der Waals surface area contributed by atoms with Gasteiger partial charge in [0.15, 0.2) is 0 Å². The molecule has 0 aliphatic rings. The van der Waals surface area contributed by atoms with Crippen molar-refractivity contribution >= 4 is 55.0 Å². The molecule has 2 N–H and O–H groups in total. The van der Waals surface area contributed by atoms with Crippen LogP contribution in [0.4, 0.5) is 0 Å². The number of carboxylic acids is 2. The number of para-hydroxylation sites is 2. The summed E-state index contributed by atoms with van der Waals surface area (Å²) in [5, 5.41) is 20.6. The zero-order valence-electron chi connectivity index (χ0n) is 15.2. The summed E-state index contributed by atoms with van der Waals surface area (Å²) in [6.45, 7) is 0. The number of carboxylic acid groups (broad SMARTS) is 2. The van der Waals surface area contributed by atoms with Crippen LogP contribution in [0.5, 0.6) is 0 Å². The van der Waals surface area contributed by atoms with E-state index in [4.69, 9.17) is 0 Å². The molecule has 5 rings (SSSR count). The van der Waals surface area contributed by atoms with Gasteiger partial charge in [0.25, 0.3) is 0 Å². The summed E-state index contributed by atoms with van der Waals surface area (Å²) in [5.74, 6) is -2.30. The summed E-state index contributed by atoms with van der Waals surface area (Å²) in [4.78, 5) is 33.1. The minimum absolute atomic E-state index is 0.00619. The summed E-state index contributed by atoms with van der Waals surface area (Å²) >= 11 is 2.65. The molecule has 0 saturated carbocycles. The third kappa shape index (κ3) is 3.02. The number of carbonyl (C=O) groups is 2. The number of hydrogen-bond donors (Lipinski definition) is 2. The summed E-state index contributed by atoms with van der Waals surface area (Å²) < 4.78 is 1.80. The molecule has 2 heterocycles. The van der Waals surface area contributed by atoms with Crippen LogP contribution in [0, 0.1) is 0 Å². The second kappa shape index (κ2) is 7.01. The van der Waals surface area contributed by atoms with Gasteiger partial charge < -0.3 is 10.2 Å². The Morgan fingerprint density at radius 3 is 1.43 bits per heavy atom. The van der Waals surface area contributed by atoms with Gasteiger partial charge in [-0.25, -0.2) is 19.6 Å². The van der Waals surface area contributed by atoms with E-state index in [9.17, 15) is 19.8 Å². The number of thiazole rings is 2. The molecule has 2 aromatic heterocycles. The Morgan fingerprint density at radius 1 is 0.667 bits per heavy atom. The number of nitrogens with zero attached hydrogens (tertiary/aromatic N) is 2. The number of rotatable bonds is 4. The largest absolute Gasteiger partial charge is 0.478 e. The molecule has 5 aromatic rings. The van der Waals surface area contributed by atoms with Crippen molar-refractivity contribution in [3.05, 3.63) is 71.8 Å². The van der Waals surface area contributed by atoms with Crippen molar-refractivity contribution in [1.82, 2.24) is 9.97 Å². The lowest BCUT2D eigenvalue weighted by Gasteiger charge is -2.09. The van der Waals surface area contributed by atoms with Gasteiger partial charge in [0, 0.05) is 11.1 Å². The van der Waals surface area contributed by atoms with Gasteiger partial charge in [-0.15, -0.1) is 22.7 Å². The molecule has 0 saturated heterocycles. The third-order valence-corrected chi connectivity index (χ3v) is 6.81. The molecule has 0 bridgehead atoms. The maximum absolute atomic E-state index is 12.1. The van der Waals surface area contributed by atoms with Gasteiger partial charge in [0.1, 0.15) is 10.0 Å². The van der Waals surface area contributed by atoms with Crippen molar-refractivity contribution < 1.29 is 19.8 Å². The van der Waals surface area contributed by atoms with E-state index in [-0.39, 0.29) is 22.3 Å². The Labute approximate surface area is 177 Å². The molecule has 0 aliphatic heterocycles. The molecule has 146 valence electrons. The fourth-order valence-electron chi connectivity index (χ4n) is 3.28. The van der Waals surface area contributed by atoms with Crippen LogP contribution in [0.3, 0.4) is 0 Å². The molecule has 0 radical (unpaired) electrons. The molecule has 6 nitrogen and oxygen atoms in total. The minimum atomic E-state index is -1.15. The average molecular weight is 432 g/mol. The lowest BCUT2D eigenvalue weighted by atomic mass is 9.98.